The molecular formula is C28H33N5O5. The molecule has 3 amide bonds. The van der Waals surface area contributed by atoms with Crippen LogP contribution in [-0.2, 0) is 32.0 Å². The Bertz CT molecular complexity index is 1310. The van der Waals surface area contributed by atoms with Crippen molar-refractivity contribution >= 4 is 34.6 Å². The minimum absolute atomic E-state index is 0.169. The van der Waals surface area contributed by atoms with Crippen molar-refractivity contribution in [2.24, 2.45) is 5.73 Å². The number of nitrogens with one attached hydrogen (secondary N) is 3. The number of hydrogen-bond donors (Lipinski definition) is 5. The number of amides is 3. The first kappa shape index (κ1) is 26.9. The number of carboxylic acids is 1. The Morgan fingerprint density at radius 3 is 2.47 bits per heavy atom. The van der Waals surface area contributed by atoms with Gasteiger partial charge in [0.1, 0.15) is 18.1 Å². The monoisotopic (exact) mass is 519 g/mol. The van der Waals surface area contributed by atoms with Crippen LogP contribution in [-0.4, -0.2) is 69.4 Å². The molecule has 6 N–H and O–H groups in total. The van der Waals surface area contributed by atoms with Crippen molar-refractivity contribution < 1.29 is 24.3 Å². The molecule has 1 saturated heterocycles. The lowest BCUT2D eigenvalue weighted by molar-refractivity contribution is -0.149. The van der Waals surface area contributed by atoms with Crippen LogP contribution in [0.5, 0.6) is 0 Å². The molecule has 0 bridgehead atoms. The Morgan fingerprint density at radius 2 is 1.74 bits per heavy atom. The number of hydrogen-bond acceptors (Lipinski definition) is 5. The highest BCUT2D eigenvalue weighted by Crippen LogP contribution is 2.20. The number of carboxylic acid groups (broad SMARTS) is 1. The molecule has 38 heavy (non-hydrogen) atoms. The van der Waals surface area contributed by atoms with Gasteiger partial charge in [0.15, 0.2) is 0 Å². The summed E-state index contributed by atoms with van der Waals surface area (Å²) in [6, 6.07) is 13.2. The highest BCUT2D eigenvalue weighted by Gasteiger charge is 2.37. The van der Waals surface area contributed by atoms with E-state index in [0.29, 0.717) is 25.8 Å². The van der Waals surface area contributed by atoms with Crippen molar-refractivity contribution in [2.45, 2.75) is 56.8 Å². The maximum Gasteiger partial charge on any atom is 0.326 e. The number of H-pyrrole nitrogens is 1. The number of nitrogens with two attached hydrogens (primary N) is 1. The van der Waals surface area contributed by atoms with Crippen molar-refractivity contribution in [1.82, 2.24) is 20.5 Å². The second kappa shape index (κ2) is 11.9. The highest BCUT2D eigenvalue weighted by atomic mass is 16.4. The molecule has 0 saturated carbocycles. The van der Waals surface area contributed by atoms with Crippen LogP contribution in [0.4, 0.5) is 0 Å². The first-order valence-electron chi connectivity index (χ1n) is 12.7. The van der Waals surface area contributed by atoms with Crippen molar-refractivity contribution in [3.63, 3.8) is 0 Å². The molecule has 4 unspecified atom stereocenters. The van der Waals surface area contributed by atoms with Gasteiger partial charge >= 0.3 is 5.97 Å². The number of para-hydroxylation sites is 1. The predicted octanol–water partition coefficient (Wildman–Crippen LogP) is 1.35. The van der Waals surface area contributed by atoms with Gasteiger partial charge in [0.2, 0.25) is 17.7 Å². The molecule has 200 valence electrons. The molecule has 1 aliphatic rings. The molecule has 1 aromatic heterocycles. The summed E-state index contributed by atoms with van der Waals surface area (Å²) in [7, 11) is 0. The maximum atomic E-state index is 13.4. The van der Waals surface area contributed by atoms with Crippen LogP contribution in [0.2, 0.25) is 0 Å². The Balaban J connectivity index is 1.49. The summed E-state index contributed by atoms with van der Waals surface area (Å²) in [5.74, 6) is -2.58. The third kappa shape index (κ3) is 6.20. The molecule has 10 nitrogen and oxygen atoms in total. The number of aromatic amines is 1. The SMILES string of the molecule is CC(NC(=O)C(Cc1c[nH]c2ccccc12)NC(=O)C(N)Cc1ccccc1)C(=O)N1CCCC1C(=O)O. The van der Waals surface area contributed by atoms with Crippen LogP contribution in [0.1, 0.15) is 30.9 Å². The molecule has 1 aliphatic heterocycles. The van der Waals surface area contributed by atoms with Crippen LogP contribution in [0.15, 0.2) is 60.8 Å². The van der Waals surface area contributed by atoms with Crippen LogP contribution in [0.3, 0.4) is 0 Å². The van der Waals surface area contributed by atoms with Gasteiger partial charge < -0.3 is 31.4 Å². The number of carbonyl (C=O) groups excluding carboxylic acids is 3. The third-order valence-electron chi connectivity index (χ3n) is 6.92. The van der Waals surface area contributed by atoms with Crippen LogP contribution < -0.4 is 16.4 Å². The summed E-state index contributed by atoms with van der Waals surface area (Å²) in [6.45, 7) is 1.84. The molecule has 2 heterocycles. The summed E-state index contributed by atoms with van der Waals surface area (Å²) in [5, 5.41) is 15.8. The standard InChI is InChI=1S/C28H33N5O5/c1-17(27(36)33-13-7-12-24(33)28(37)38)31-26(35)23(15-19-16-30-22-11-6-5-10-20(19)22)32-25(34)21(29)14-18-8-3-2-4-9-18/h2-6,8-11,16-17,21,23-24,30H,7,12-15,29H2,1H3,(H,31,35)(H,32,34)(H,37,38). The lowest BCUT2D eigenvalue weighted by Crippen LogP contribution is -2.57. The van der Waals surface area contributed by atoms with Crippen LogP contribution in [0, 0.1) is 0 Å². The molecule has 0 spiro atoms. The van der Waals surface area contributed by atoms with E-state index >= 15 is 0 Å². The fourth-order valence-electron chi connectivity index (χ4n) is 4.88. The molecule has 10 heteroatoms. The van der Waals surface area contributed by atoms with Gasteiger partial charge in [-0.15, -0.1) is 0 Å². The van der Waals surface area contributed by atoms with E-state index in [1.165, 1.54) is 11.8 Å². The number of benzene rings is 2. The number of nitrogens with zero attached hydrogens (tertiary/aromatic N) is 1. The lowest BCUT2D eigenvalue weighted by atomic mass is 10.0. The van der Waals surface area contributed by atoms with Crippen molar-refractivity contribution in [1.29, 1.82) is 0 Å². The van der Waals surface area contributed by atoms with Crippen LogP contribution >= 0.6 is 0 Å². The Morgan fingerprint density at radius 1 is 1.03 bits per heavy atom. The average Bonchev–Trinajstić information content (AvgIpc) is 3.56. The Hall–Kier alpha value is -4.18. The van der Waals surface area contributed by atoms with E-state index in [1.807, 2.05) is 54.6 Å². The van der Waals surface area contributed by atoms with Gasteiger partial charge in [-0.2, -0.15) is 0 Å². The summed E-state index contributed by atoms with van der Waals surface area (Å²) >= 11 is 0. The van der Waals surface area contributed by atoms with Gasteiger partial charge in [0, 0.05) is 30.1 Å². The zero-order valence-electron chi connectivity index (χ0n) is 21.2. The third-order valence-corrected chi connectivity index (χ3v) is 6.92. The summed E-state index contributed by atoms with van der Waals surface area (Å²) in [4.78, 5) is 55.4. The van der Waals surface area contributed by atoms with Gasteiger partial charge in [-0.05, 0) is 43.4 Å². The molecular weight excluding hydrogens is 486 g/mol. The smallest absolute Gasteiger partial charge is 0.326 e. The number of aliphatic carboxylic acids is 1. The normalized spacial score (nSPS) is 17.5. The molecule has 4 atom stereocenters. The van der Waals surface area contributed by atoms with Crippen molar-refractivity contribution in [3.8, 4) is 0 Å². The fourth-order valence-corrected chi connectivity index (χ4v) is 4.88. The number of likely N-dealkylation sites (tertiary alicyclic amines) is 1. The number of rotatable bonds is 10. The van der Waals surface area contributed by atoms with Crippen LogP contribution in [0.25, 0.3) is 10.9 Å². The topological polar surface area (TPSA) is 158 Å². The van der Waals surface area contributed by atoms with Gasteiger partial charge in [-0.3, -0.25) is 14.4 Å². The number of carbonyl (C=O) groups is 4. The lowest BCUT2D eigenvalue weighted by Gasteiger charge is -2.27. The molecule has 2 aromatic carbocycles. The Kier molecular flexibility index (Phi) is 8.42. The van der Waals surface area contributed by atoms with Gasteiger partial charge in [0.05, 0.1) is 6.04 Å². The quantitative estimate of drug-likeness (QED) is 0.272. The Labute approximate surface area is 220 Å². The van der Waals surface area contributed by atoms with E-state index in [-0.39, 0.29) is 6.42 Å². The van der Waals surface area contributed by atoms with Gasteiger partial charge in [0.25, 0.3) is 0 Å². The maximum absolute atomic E-state index is 13.4. The van der Waals surface area contributed by atoms with E-state index in [1.54, 1.807) is 6.20 Å². The molecule has 1 fully saturated rings. The molecule has 3 aromatic rings. The average molecular weight is 520 g/mol. The second-order valence-corrected chi connectivity index (χ2v) is 9.68. The number of fused-ring (bicyclic) bond motifs is 1. The molecule has 0 radical (unpaired) electrons. The fraction of sp³-hybridized carbons (Fsp3) is 0.357. The van der Waals surface area contributed by atoms with E-state index in [0.717, 1.165) is 22.0 Å². The largest absolute Gasteiger partial charge is 0.480 e. The minimum atomic E-state index is -1.06. The van der Waals surface area contributed by atoms with E-state index in [4.69, 9.17) is 5.73 Å². The van der Waals surface area contributed by atoms with E-state index in [9.17, 15) is 24.3 Å². The molecule has 0 aliphatic carbocycles. The zero-order chi connectivity index (χ0) is 27.2. The molecule has 4 rings (SSSR count). The first-order chi connectivity index (χ1) is 18.2. The number of aromatic nitrogens is 1. The highest BCUT2D eigenvalue weighted by molar-refractivity contribution is 5.95. The summed E-state index contributed by atoms with van der Waals surface area (Å²) in [5.41, 5.74) is 8.78. The van der Waals surface area contributed by atoms with E-state index in [2.05, 4.69) is 15.6 Å². The van der Waals surface area contributed by atoms with Crippen molar-refractivity contribution in [2.75, 3.05) is 6.54 Å². The second-order valence-electron chi connectivity index (χ2n) is 9.68. The first-order valence-corrected chi connectivity index (χ1v) is 12.7. The van der Waals surface area contributed by atoms with E-state index < -0.39 is 47.9 Å². The predicted molar refractivity (Wildman–Crippen MR) is 142 cm³/mol. The minimum Gasteiger partial charge on any atom is -0.480 e. The summed E-state index contributed by atoms with van der Waals surface area (Å²) < 4.78 is 0. The van der Waals surface area contributed by atoms with Crippen molar-refractivity contribution in [3.05, 3.63) is 71.9 Å². The van der Waals surface area contributed by atoms with Gasteiger partial charge in [-0.25, -0.2) is 4.79 Å². The summed E-state index contributed by atoms with van der Waals surface area (Å²) in [6.07, 6.45) is 3.22. The zero-order valence-corrected chi connectivity index (χ0v) is 21.2. The van der Waals surface area contributed by atoms with Gasteiger partial charge in [-0.1, -0.05) is 48.5 Å².